The fraction of sp³-hybridized carbons (Fsp3) is 0.125. The van der Waals surface area contributed by atoms with Crippen LogP contribution < -0.4 is 0 Å². The summed E-state index contributed by atoms with van der Waals surface area (Å²) >= 11 is 7.26. The minimum absolute atomic E-state index is 0.00365. The lowest BCUT2D eigenvalue weighted by atomic mass is 9.91. The molecule has 0 spiro atoms. The lowest BCUT2D eigenvalue weighted by Gasteiger charge is -2.11. The summed E-state index contributed by atoms with van der Waals surface area (Å²) in [6, 6.07) is 13.0. The van der Waals surface area contributed by atoms with Crippen LogP contribution in [0.3, 0.4) is 0 Å². The highest BCUT2D eigenvalue weighted by Crippen LogP contribution is 2.27. The summed E-state index contributed by atoms with van der Waals surface area (Å²) in [5, 5.41) is 9.14. The molecule has 0 amide bonds. The number of hydrogen-bond donors (Lipinski definition) is 0. The molecular formula is C16H11ClFNOS. The molecular weight excluding hydrogens is 309 g/mol. The van der Waals surface area contributed by atoms with Gasteiger partial charge in [-0.25, -0.2) is 4.39 Å². The maximum atomic E-state index is 14.0. The molecule has 0 aliphatic rings. The molecule has 0 bridgehead atoms. The summed E-state index contributed by atoms with van der Waals surface area (Å²) in [4.78, 5) is 13.4. The van der Waals surface area contributed by atoms with E-state index in [0.29, 0.717) is 5.56 Å². The van der Waals surface area contributed by atoms with E-state index in [1.165, 1.54) is 18.2 Å². The Kier molecular flexibility index (Phi) is 5.00. The van der Waals surface area contributed by atoms with Crippen molar-refractivity contribution in [1.29, 1.82) is 5.26 Å². The molecule has 0 aromatic heterocycles. The molecule has 2 aromatic rings. The molecule has 0 aliphatic carbocycles. The highest BCUT2D eigenvalue weighted by atomic mass is 35.5. The zero-order valence-corrected chi connectivity index (χ0v) is 12.7. The maximum Gasteiger partial charge on any atom is 0.184 e. The average Bonchev–Trinajstić information content (AvgIpc) is 2.52. The molecule has 1 atom stereocenters. The molecule has 106 valence electrons. The van der Waals surface area contributed by atoms with E-state index < -0.39 is 17.5 Å². The van der Waals surface area contributed by atoms with Crippen molar-refractivity contribution in [3.63, 3.8) is 0 Å². The van der Waals surface area contributed by atoms with E-state index in [9.17, 15) is 14.4 Å². The molecule has 21 heavy (non-hydrogen) atoms. The van der Waals surface area contributed by atoms with Crippen LogP contribution in [-0.2, 0) is 0 Å². The molecule has 0 saturated carbocycles. The zero-order chi connectivity index (χ0) is 15.4. The Morgan fingerprint density at radius 3 is 2.52 bits per heavy atom. The molecule has 1 unspecified atom stereocenters. The van der Waals surface area contributed by atoms with Crippen molar-refractivity contribution in [1.82, 2.24) is 0 Å². The first-order valence-electron chi connectivity index (χ1n) is 6.10. The van der Waals surface area contributed by atoms with E-state index in [0.717, 1.165) is 4.90 Å². The van der Waals surface area contributed by atoms with Crippen LogP contribution in [0, 0.1) is 17.1 Å². The second-order valence-electron chi connectivity index (χ2n) is 4.30. The summed E-state index contributed by atoms with van der Waals surface area (Å²) in [6.07, 6.45) is 1.93. The van der Waals surface area contributed by atoms with Crippen LogP contribution in [0.25, 0.3) is 0 Å². The number of nitriles is 1. The van der Waals surface area contributed by atoms with Crippen molar-refractivity contribution in [2.75, 3.05) is 6.26 Å². The lowest BCUT2D eigenvalue weighted by molar-refractivity contribution is 0.0977. The van der Waals surface area contributed by atoms with Crippen molar-refractivity contribution in [3.8, 4) is 6.07 Å². The number of ketones is 1. The van der Waals surface area contributed by atoms with Gasteiger partial charge in [0.25, 0.3) is 0 Å². The van der Waals surface area contributed by atoms with Crippen molar-refractivity contribution < 1.29 is 9.18 Å². The molecule has 2 rings (SSSR count). The van der Waals surface area contributed by atoms with Crippen LogP contribution in [0.5, 0.6) is 0 Å². The SMILES string of the molecule is CSc1ccc(C(=O)C(C#N)c2cccc(Cl)c2F)cc1. The molecule has 0 radical (unpaired) electrons. The van der Waals surface area contributed by atoms with Gasteiger partial charge in [-0.2, -0.15) is 5.26 Å². The van der Waals surface area contributed by atoms with Gasteiger partial charge in [-0.1, -0.05) is 35.9 Å². The smallest absolute Gasteiger partial charge is 0.184 e. The van der Waals surface area contributed by atoms with Crippen molar-refractivity contribution in [2.24, 2.45) is 0 Å². The summed E-state index contributed by atoms with van der Waals surface area (Å²) < 4.78 is 14.0. The first-order chi connectivity index (χ1) is 10.1. The van der Waals surface area contributed by atoms with Crippen molar-refractivity contribution in [2.45, 2.75) is 10.8 Å². The molecule has 0 N–H and O–H groups in total. The molecule has 0 aliphatic heterocycles. The minimum atomic E-state index is -1.20. The molecule has 5 heteroatoms. The normalized spacial score (nSPS) is 11.7. The van der Waals surface area contributed by atoms with Gasteiger partial charge >= 0.3 is 0 Å². The fourth-order valence-electron chi connectivity index (χ4n) is 1.93. The van der Waals surface area contributed by atoms with Crippen molar-refractivity contribution in [3.05, 3.63) is 64.4 Å². The van der Waals surface area contributed by atoms with E-state index >= 15 is 0 Å². The molecule has 2 aromatic carbocycles. The summed E-state index contributed by atoms with van der Waals surface area (Å²) in [5.74, 6) is -2.37. The van der Waals surface area contributed by atoms with E-state index in [1.54, 1.807) is 36.0 Å². The third-order valence-corrected chi connectivity index (χ3v) is 4.09. The highest BCUT2D eigenvalue weighted by Gasteiger charge is 2.25. The monoisotopic (exact) mass is 319 g/mol. The number of benzene rings is 2. The Morgan fingerprint density at radius 1 is 1.29 bits per heavy atom. The van der Waals surface area contributed by atoms with Gasteiger partial charge in [-0.15, -0.1) is 11.8 Å². The van der Waals surface area contributed by atoms with Gasteiger partial charge in [0.15, 0.2) is 5.78 Å². The van der Waals surface area contributed by atoms with Crippen molar-refractivity contribution >= 4 is 29.1 Å². The number of Topliss-reactive ketones (excluding diaryl/α,β-unsaturated/α-hetero) is 1. The van der Waals surface area contributed by atoms with E-state index in [2.05, 4.69) is 0 Å². The van der Waals surface area contributed by atoms with Crippen LogP contribution >= 0.6 is 23.4 Å². The zero-order valence-electron chi connectivity index (χ0n) is 11.1. The highest BCUT2D eigenvalue weighted by molar-refractivity contribution is 7.98. The van der Waals surface area contributed by atoms with E-state index in [4.69, 9.17) is 11.6 Å². The predicted octanol–water partition coefficient (Wildman–Crippen LogP) is 4.69. The Balaban J connectivity index is 2.39. The Morgan fingerprint density at radius 2 is 1.95 bits per heavy atom. The minimum Gasteiger partial charge on any atom is -0.292 e. The number of thioether (sulfide) groups is 1. The van der Waals surface area contributed by atoms with Gasteiger partial charge in [0, 0.05) is 16.0 Å². The van der Waals surface area contributed by atoms with Gasteiger partial charge in [0.1, 0.15) is 11.7 Å². The second-order valence-corrected chi connectivity index (χ2v) is 5.58. The lowest BCUT2D eigenvalue weighted by Crippen LogP contribution is -2.13. The van der Waals surface area contributed by atoms with E-state index in [1.807, 2.05) is 12.3 Å². The third-order valence-electron chi connectivity index (χ3n) is 3.06. The van der Waals surface area contributed by atoms with Gasteiger partial charge in [-0.05, 0) is 24.5 Å². The van der Waals surface area contributed by atoms with Gasteiger partial charge in [0.05, 0.1) is 11.1 Å². The predicted molar refractivity (Wildman–Crippen MR) is 82.3 cm³/mol. The summed E-state index contributed by atoms with van der Waals surface area (Å²) in [5.41, 5.74) is 0.377. The largest absolute Gasteiger partial charge is 0.292 e. The van der Waals surface area contributed by atoms with Gasteiger partial charge < -0.3 is 0 Å². The molecule has 0 heterocycles. The Labute approximate surface area is 131 Å². The maximum absolute atomic E-state index is 14.0. The quantitative estimate of drug-likeness (QED) is 0.606. The van der Waals surface area contributed by atoms with Crippen LogP contribution in [0.2, 0.25) is 5.02 Å². The second kappa shape index (κ2) is 6.75. The Bertz CT molecular complexity index is 709. The van der Waals surface area contributed by atoms with Crippen LogP contribution in [0.1, 0.15) is 21.8 Å². The van der Waals surface area contributed by atoms with E-state index in [-0.39, 0.29) is 10.6 Å². The average molecular weight is 320 g/mol. The molecule has 0 saturated heterocycles. The number of nitrogens with zero attached hydrogens (tertiary/aromatic N) is 1. The van der Waals surface area contributed by atoms with Crippen LogP contribution in [-0.4, -0.2) is 12.0 Å². The molecule has 2 nitrogen and oxygen atoms in total. The van der Waals surface area contributed by atoms with Crippen LogP contribution in [0.15, 0.2) is 47.4 Å². The molecule has 0 fully saturated rings. The van der Waals surface area contributed by atoms with Gasteiger partial charge in [0.2, 0.25) is 0 Å². The number of hydrogen-bond acceptors (Lipinski definition) is 3. The van der Waals surface area contributed by atoms with Crippen LogP contribution in [0.4, 0.5) is 4.39 Å². The number of rotatable bonds is 4. The summed E-state index contributed by atoms with van der Waals surface area (Å²) in [6.45, 7) is 0. The first-order valence-corrected chi connectivity index (χ1v) is 7.70. The number of carbonyl (C=O) groups is 1. The number of halogens is 2. The number of carbonyl (C=O) groups excluding carboxylic acids is 1. The standard InChI is InChI=1S/C16H11ClFNOS/c1-21-11-7-5-10(6-8-11)16(20)13(9-19)12-3-2-4-14(17)15(12)18/h2-8,13H,1H3. The topological polar surface area (TPSA) is 40.9 Å². The first kappa shape index (κ1) is 15.6. The summed E-state index contributed by atoms with van der Waals surface area (Å²) in [7, 11) is 0. The third kappa shape index (κ3) is 3.26. The van der Waals surface area contributed by atoms with Gasteiger partial charge in [-0.3, -0.25) is 4.79 Å². The fourth-order valence-corrected chi connectivity index (χ4v) is 2.52. The Hall–Kier alpha value is -1.83.